The van der Waals surface area contributed by atoms with Crippen molar-refractivity contribution in [3.05, 3.63) is 60.4 Å². The van der Waals surface area contributed by atoms with Crippen molar-refractivity contribution in [3.63, 3.8) is 0 Å². The van der Waals surface area contributed by atoms with E-state index in [-0.39, 0.29) is 5.76 Å². The number of carbonyl (C=O) groups excluding carboxylic acids is 2. The van der Waals surface area contributed by atoms with E-state index < -0.39 is 18.5 Å². The summed E-state index contributed by atoms with van der Waals surface area (Å²) in [5.74, 6) is -1.08. The van der Waals surface area contributed by atoms with Crippen LogP contribution in [0, 0.1) is 0 Å². The van der Waals surface area contributed by atoms with Gasteiger partial charge in [-0.15, -0.1) is 0 Å². The second kappa shape index (κ2) is 6.37. The van der Waals surface area contributed by atoms with Gasteiger partial charge in [-0.3, -0.25) is 10.1 Å². The van der Waals surface area contributed by atoms with Gasteiger partial charge in [0.25, 0.3) is 5.91 Å². The fraction of sp³-hybridized carbons (Fsp3) is 0.0556. The highest BCUT2D eigenvalue weighted by Gasteiger charge is 2.16. The van der Waals surface area contributed by atoms with E-state index in [1.54, 1.807) is 12.1 Å². The Hall–Kier alpha value is -3.19. The molecule has 2 aromatic carbocycles. The number of nitrogens with one attached hydrogen (secondary N) is 1. The van der Waals surface area contributed by atoms with Gasteiger partial charge < -0.3 is 9.15 Å². The fourth-order valence-corrected chi connectivity index (χ4v) is 3.25. The number of anilines is 1. The summed E-state index contributed by atoms with van der Waals surface area (Å²) in [6.45, 7) is -0.411. The number of aromatic nitrogens is 1. The third-order valence-electron chi connectivity index (χ3n) is 3.50. The minimum Gasteiger partial charge on any atom is -0.450 e. The van der Waals surface area contributed by atoms with E-state index in [9.17, 15) is 9.59 Å². The van der Waals surface area contributed by atoms with Gasteiger partial charge in [-0.05, 0) is 24.3 Å². The van der Waals surface area contributed by atoms with Crippen LogP contribution in [-0.4, -0.2) is 23.5 Å². The van der Waals surface area contributed by atoms with E-state index >= 15 is 0 Å². The van der Waals surface area contributed by atoms with Crippen LogP contribution in [0.4, 0.5) is 5.13 Å². The molecule has 2 aromatic heterocycles. The number of benzene rings is 2. The van der Waals surface area contributed by atoms with Gasteiger partial charge in [-0.25, -0.2) is 9.78 Å². The first-order valence-electron chi connectivity index (χ1n) is 7.50. The Morgan fingerprint density at radius 2 is 1.92 bits per heavy atom. The van der Waals surface area contributed by atoms with Crippen LogP contribution < -0.4 is 5.32 Å². The Labute approximate surface area is 146 Å². The zero-order chi connectivity index (χ0) is 17.2. The molecule has 25 heavy (non-hydrogen) atoms. The van der Waals surface area contributed by atoms with Crippen LogP contribution in [0.1, 0.15) is 10.6 Å². The smallest absolute Gasteiger partial charge is 0.374 e. The van der Waals surface area contributed by atoms with Crippen LogP contribution in [0.2, 0.25) is 0 Å². The monoisotopic (exact) mass is 352 g/mol. The molecule has 0 aliphatic heterocycles. The number of ether oxygens (including phenoxy) is 1. The lowest BCUT2D eigenvalue weighted by molar-refractivity contribution is -0.119. The van der Waals surface area contributed by atoms with Crippen molar-refractivity contribution >= 4 is 49.5 Å². The number of fused-ring (bicyclic) bond motifs is 2. The van der Waals surface area contributed by atoms with Crippen molar-refractivity contribution in [1.29, 1.82) is 0 Å². The fourth-order valence-electron chi connectivity index (χ4n) is 2.37. The standard InChI is InChI=1S/C18H12N2O4S/c21-16(20-18-19-12-6-2-4-8-15(12)25-18)10-23-17(22)14-9-11-5-1-3-7-13(11)24-14/h1-9H,10H2,(H,19,20,21). The van der Waals surface area contributed by atoms with E-state index in [2.05, 4.69) is 10.3 Å². The van der Waals surface area contributed by atoms with Crippen LogP contribution in [0.25, 0.3) is 21.2 Å². The summed E-state index contributed by atoms with van der Waals surface area (Å²) in [6.07, 6.45) is 0. The number of rotatable bonds is 4. The molecule has 0 bridgehead atoms. The Bertz CT molecular complexity index is 1020. The highest BCUT2D eigenvalue weighted by atomic mass is 32.1. The van der Waals surface area contributed by atoms with E-state index in [0.29, 0.717) is 10.7 Å². The molecule has 0 saturated heterocycles. The van der Waals surface area contributed by atoms with E-state index in [0.717, 1.165) is 15.6 Å². The molecule has 4 rings (SSSR count). The Balaban J connectivity index is 1.38. The maximum absolute atomic E-state index is 12.0. The summed E-state index contributed by atoms with van der Waals surface area (Å²) in [4.78, 5) is 28.2. The first kappa shape index (κ1) is 15.3. The van der Waals surface area contributed by atoms with Gasteiger partial charge in [0, 0.05) is 5.39 Å². The maximum atomic E-state index is 12.0. The quantitative estimate of drug-likeness (QED) is 0.564. The highest BCUT2D eigenvalue weighted by Crippen LogP contribution is 2.25. The summed E-state index contributed by atoms with van der Waals surface area (Å²) in [5.41, 5.74) is 1.40. The number of hydrogen-bond donors (Lipinski definition) is 1. The molecule has 1 N–H and O–H groups in total. The highest BCUT2D eigenvalue weighted by molar-refractivity contribution is 7.22. The molecule has 2 heterocycles. The molecular formula is C18H12N2O4S. The lowest BCUT2D eigenvalue weighted by Gasteiger charge is -2.02. The van der Waals surface area contributed by atoms with Crippen molar-refractivity contribution in [2.75, 3.05) is 11.9 Å². The number of carbonyl (C=O) groups is 2. The molecule has 6 nitrogen and oxygen atoms in total. The lowest BCUT2D eigenvalue weighted by Crippen LogP contribution is -2.20. The number of para-hydroxylation sites is 2. The third kappa shape index (κ3) is 3.22. The molecule has 0 spiro atoms. The van der Waals surface area contributed by atoms with Gasteiger partial charge in [0.2, 0.25) is 5.76 Å². The summed E-state index contributed by atoms with van der Waals surface area (Å²) in [7, 11) is 0. The molecule has 0 aliphatic carbocycles. The van der Waals surface area contributed by atoms with Crippen molar-refractivity contribution in [1.82, 2.24) is 4.98 Å². The predicted molar refractivity (Wildman–Crippen MR) is 94.7 cm³/mol. The average Bonchev–Trinajstić information content (AvgIpc) is 3.22. The largest absolute Gasteiger partial charge is 0.450 e. The molecule has 0 fully saturated rings. The molecule has 0 saturated carbocycles. The van der Waals surface area contributed by atoms with Crippen molar-refractivity contribution < 1.29 is 18.7 Å². The van der Waals surface area contributed by atoms with Gasteiger partial charge in [0.15, 0.2) is 11.7 Å². The summed E-state index contributed by atoms with van der Waals surface area (Å²) in [6, 6.07) is 16.4. The predicted octanol–water partition coefficient (Wildman–Crippen LogP) is 3.84. The number of esters is 1. The molecule has 0 atom stereocenters. The van der Waals surface area contributed by atoms with Crippen molar-refractivity contribution in [2.24, 2.45) is 0 Å². The van der Waals surface area contributed by atoms with Crippen LogP contribution in [0.3, 0.4) is 0 Å². The Kier molecular flexibility index (Phi) is 3.91. The SMILES string of the molecule is O=C(COC(=O)c1cc2ccccc2o1)Nc1nc2ccccc2s1. The molecule has 0 radical (unpaired) electrons. The average molecular weight is 352 g/mol. The number of amides is 1. The molecule has 4 aromatic rings. The molecule has 1 amide bonds. The number of hydrogen-bond acceptors (Lipinski definition) is 6. The molecule has 7 heteroatoms. The van der Waals surface area contributed by atoms with Gasteiger partial charge >= 0.3 is 5.97 Å². The number of furan rings is 1. The normalized spacial score (nSPS) is 10.9. The maximum Gasteiger partial charge on any atom is 0.374 e. The van der Waals surface area contributed by atoms with Crippen LogP contribution in [-0.2, 0) is 9.53 Å². The molecule has 0 aliphatic rings. The number of thiazole rings is 1. The van der Waals surface area contributed by atoms with E-state index in [1.807, 2.05) is 42.5 Å². The first-order valence-corrected chi connectivity index (χ1v) is 8.32. The van der Waals surface area contributed by atoms with Gasteiger partial charge in [0.1, 0.15) is 5.58 Å². The van der Waals surface area contributed by atoms with Crippen LogP contribution >= 0.6 is 11.3 Å². The Morgan fingerprint density at radius 3 is 2.76 bits per heavy atom. The van der Waals surface area contributed by atoms with Gasteiger partial charge in [-0.2, -0.15) is 0 Å². The van der Waals surface area contributed by atoms with Crippen molar-refractivity contribution in [2.45, 2.75) is 0 Å². The second-order valence-corrected chi connectivity index (χ2v) is 6.29. The van der Waals surface area contributed by atoms with Crippen LogP contribution in [0.5, 0.6) is 0 Å². The lowest BCUT2D eigenvalue weighted by atomic mass is 10.2. The number of nitrogens with zero attached hydrogens (tertiary/aromatic N) is 1. The van der Waals surface area contributed by atoms with E-state index in [4.69, 9.17) is 9.15 Å². The third-order valence-corrected chi connectivity index (χ3v) is 4.45. The van der Waals surface area contributed by atoms with E-state index in [1.165, 1.54) is 11.3 Å². The summed E-state index contributed by atoms with van der Waals surface area (Å²) in [5, 5.41) is 3.89. The molecule has 0 unspecified atom stereocenters. The van der Waals surface area contributed by atoms with Crippen molar-refractivity contribution in [3.8, 4) is 0 Å². The van der Waals surface area contributed by atoms with Gasteiger partial charge in [-0.1, -0.05) is 41.7 Å². The topological polar surface area (TPSA) is 81.4 Å². The first-order chi connectivity index (χ1) is 12.2. The Morgan fingerprint density at radius 1 is 1.12 bits per heavy atom. The summed E-state index contributed by atoms with van der Waals surface area (Å²) < 4.78 is 11.4. The molecular weight excluding hydrogens is 340 g/mol. The zero-order valence-corrected chi connectivity index (χ0v) is 13.7. The van der Waals surface area contributed by atoms with Gasteiger partial charge in [0.05, 0.1) is 10.2 Å². The summed E-state index contributed by atoms with van der Waals surface area (Å²) >= 11 is 1.36. The van der Waals surface area contributed by atoms with Crippen LogP contribution in [0.15, 0.2) is 59.0 Å². The second-order valence-electron chi connectivity index (χ2n) is 5.26. The minimum atomic E-state index is -0.685. The minimum absolute atomic E-state index is 0.0639. The zero-order valence-electron chi connectivity index (χ0n) is 12.9. The molecule has 124 valence electrons.